The van der Waals surface area contributed by atoms with Gasteiger partial charge in [-0.1, -0.05) is 6.42 Å². The quantitative estimate of drug-likeness (QED) is 0.543. The fourth-order valence-corrected chi connectivity index (χ4v) is 0.802. The van der Waals surface area contributed by atoms with E-state index in [0.29, 0.717) is 0 Å². The summed E-state index contributed by atoms with van der Waals surface area (Å²) < 4.78 is 0. The minimum Gasteiger partial charge on any atom is -0.394 e. The molecule has 70 valence electrons. The molecule has 0 atom stereocenters. The minimum atomic E-state index is -0.125. The highest BCUT2D eigenvalue weighted by molar-refractivity contribution is 5.85. The first kappa shape index (κ1) is 13.7. The summed E-state index contributed by atoms with van der Waals surface area (Å²) in [6.07, 6.45) is 4.22. The molecule has 0 saturated carbocycles. The number of piperidine rings is 1. The lowest BCUT2D eigenvalue weighted by molar-refractivity contribution is 0.186. The van der Waals surface area contributed by atoms with E-state index in [1.807, 2.05) is 0 Å². The van der Waals surface area contributed by atoms with Gasteiger partial charge in [0.2, 0.25) is 0 Å². The van der Waals surface area contributed by atoms with E-state index in [1.165, 1.54) is 32.4 Å². The summed E-state index contributed by atoms with van der Waals surface area (Å²) in [6, 6.07) is 0. The minimum absolute atomic E-state index is 0. The van der Waals surface area contributed by atoms with E-state index in [-0.39, 0.29) is 25.6 Å². The van der Waals surface area contributed by atoms with E-state index >= 15 is 0 Å². The summed E-state index contributed by atoms with van der Waals surface area (Å²) in [7, 11) is 0. The van der Waals surface area contributed by atoms with Gasteiger partial charge in [-0.15, -0.1) is 12.4 Å². The van der Waals surface area contributed by atoms with Gasteiger partial charge in [0.15, 0.2) is 0 Å². The number of rotatable bonds is 1. The molecule has 1 aliphatic heterocycles. The van der Waals surface area contributed by atoms with Gasteiger partial charge in [0.1, 0.15) is 0 Å². The van der Waals surface area contributed by atoms with Crippen LogP contribution in [0.4, 0.5) is 0 Å². The highest BCUT2D eigenvalue weighted by atomic mass is 35.5. The molecule has 3 nitrogen and oxygen atoms in total. The molecule has 11 heavy (non-hydrogen) atoms. The molecular formula is C7H18ClNO2. The Labute approximate surface area is 74.2 Å². The zero-order chi connectivity index (χ0) is 7.66. The average molecular weight is 184 g/mol. The molecule has 0 unspecified atom stereocenters. The van der Waals surface area contributed by atoms with Gasteiger partial charge in [0.25, 0.3) is 0 Å². The Bertz CT molecular complexity index is 46.9. The van der Waals surface area contributed by atoms with E-state index in [1.54, 1.807) is 0 Å². The molecule has 1 heterocycles. The Hall–Kier alpha value is 0.170. The first-order valence-corrected chi connectivity index (χ1v) is 3.84. The van der Waals surface area contributed by atoms with E-state index in [4.69, 9.17) is 10.2 Å². The van der Waals surface area contributed by atoms with Crippen molar-refractivity contribution >= 4 is 12.4 Å². The van der Waals surface area contributed by atoms with Crippen LogP contribution in [-0.4, -0.2) is 36.5 Å². The first-order chi connectivity index (χ1) is 4.91. The molecule has 3 N–H and O–H groups in total. The Kier molecular flexibility index (Phi) is 16.0. The monoisotopic (exact) mass is 183 g/mol. The number of aliphatic hydroxyl groups is 2. The standard InChI is InChI=1S/C5H11N.C2H6O2.ClH/c1-2-4-6-5-3-1;3-1-2-4;/h6H,1-5H2;3-4H,1-2H2;1H. The Morgan fingerprint density at radius 2 is 1.36 bits per heavy atom. The lowest BCUT2D eigenvalue weighted by Crippen LogP contribution is -2.21. The number of aliphatic hydroxyl groups excluding tert-OH is 2. The lowest BCUT2D eigenvalue weighted by atomic mass is 10.2. The van der Waals surface area contributed by atoms with Crippen LogP contribution in [0.15, 0.2) is 0 Å². The molecule has 0 amide bonds. The summed E-state index contributed by atoms with van der Waals surface area (Å²) >= 11 is 0. The average Bonchev–Trinajstić information content (AvgIpc) is 2.08. The van der Waals surface area contributed by atoms with Crippen LogP contribution in [0.3, 0.4) is 0 Å². The van der Waals surface area contributed by atoms with Crippen LogP contribution in [0, 0.1) is 0 Å². The molecule has 4 heteroatoms. The van der Waals surface area contributed by atoms with Crippen LogP contribution < -0.4 is 5.32 Å². The second kappa shape index (κ2) is 12.8. The summed E-state index contributed by atoms with van der Waals surface area (Å²) in [4.78, 5) is 0. The summed E-state index contributed by atoms with van der Waals surface area (Å²) in [5, 5.41) is 18.5. The van der Waals surface area contributed by atoms with Crippen molar-refractivity contribution in [1.29, 1.82) is 0 Å². The third-order valence-corrected chi connectivity index (χ3v) is 1.31. The largest absolute Gasteiger partial charge is 0.394 e. The van der Waals surface area contributed by atoms with Gasteiger partial charge < -0.3 is 15.5 Å². The van der Waals surface area contributed by atoms with Crippen molar-refractivity contribution in [2.24, 2.45) is 0 Å². The molecule has 1 fully saturated rings. The number of halogens is 1. The maximum Gasteiger partial charge on any atom is 0.0662 e. The zero-order valence-corrected chi connectivity index (χ0v) is 7.57. The molecule has 1 aliphatic rings. The molecule has 0 bridgehead atoms. The second-order valence-corrected chi connectivity index (χ2v) is 2.26. The predicted molar refractivity (Wildman–Crippen MR) is 48.1 cm³/mol. The fraction of sp³-hybridized carbons (Fsp3) is 1.00. The van der Waals surface area contributed by atoms with Gasteiger partial charge >= 0.3 is 0 Å². The van der Waals surface area contributed by atoms with Crippen LogP contribution in [0.1, 0.15) is 19.3 Å². The third-order valence-electron chi connectivity index (χ3n) is 1.31. The van der Waals surface area contributed by atoms with E-state index in [9.17, 15) is 0 Å². The summed E-state index contributed by atoms with van der Waals surface area (Å²) in [5.41, 5.74) is 0. The first-order valence-electron chi connectivity index (χ1n) is 3.84. The maximum atomic E-state index is 7.62. The van der Waals surface area contributed by atoms with Crippen LogP contribution in [0.25, 0.3) is 0 Å². The third kappa shape index (κ3) is 13.2. The Morgan fingerprint density at radius 1 is 0.909 bits per heavy atom. The SMILES string of the molecule is C1CCNCC1.Cl.OCCO. The van der Waals surface area contributed by atoms with Gasteiger partial charge in [0.05, 0.1) is 13.2 Å². The van der Waals surface area contributed by atoms with Crippen molar-refractivity contribution in [3.8, 4) is 0 Å². The van der Waals surface area contributed by atoms with Crippen molar-refractivity contribution in [3.63, 3.8) is 0 Å². The molecule has 0 aromatic heterocycles. The normalized spacial score (nSPS) is 15.8. The van der Waals surface area contributed by atoms with Gasteiger partial charge in [-0.2, -0.15) is 0 Å². The number of hydrogen-bond donors (Lipinski definition) is 3. The van der Waals surface area contributed by atoms with Crippen LogP contribution in [0.5, 0.6) is 0 Å². The van der Waals surface area contributed by atoms with Crippen molar-refractivity contribution in [3.05, 3.63) is 0 Å². The van der Waals surface area contributed by atoms with E-state index in [2.05, 4.69) is 5.32 Å². The van der Waals surface area contributed by atoms with Crippen molar-refractivity contribution in [1.82, 2.24) is 5.32 Å². The topological polar surface area (TPSA) is 52.5 Å². The number of hydrogen-bond acceptors (Lipinski definition) is 3. The van der Waals surface area contributed by atoms with Crippen LogP contribution in [0.2, 0.25) is 0 Å². The number of nitrogens with one attached hydrogen (secondary N) is 1. The molecule has 0 radical (unpaired) electrons. The van der Waals surface area contributed by atoms with Crippen molar-refractivity contribution < 1.29 is 10.2 Å². The van der Waals surface area contributed by atoms with Gasteiger partial charge in [0, 0.05) is 0 Å². The molecule has 0 aromatic rings. The second-order valence-electron chi connectivity index (χ2n) is 2.26. The summed E-state index contributed by atoms with van der Waals surface area (Å²) in [5.74, 6) is 0. The predicted octanol–water partition coefficient (Wildman–Crippen LogP) is 0.153. The Morgan fingerprint density at radius 3 is 1.45 bits per heavy atom. The van der Waals surface area contributed by atoms with Crippen LogP contribution >= 0.6 is 12.4 Å². The maximum absolute atomic E-state index is 7.62. The van der Waals surface area contributed by atoms with Gasteiger partial charge in [-0.25, -0.2) is 0 Å². The zero-order valence-electron chi connectivity index (χ0n) is 6.75. The molecule has 0 spiro atoms. The molecule has 1 saturated heterocycles. The lowest BCUT2D eigenvalue weighted by Gasteiger charge is -2.08. The highest BCUT2D eigenvalue weighted by Gasteiger charge is 1.93. The Balaban J connectivity index is 0. The molecule has 0 aliphatic carbocycles. The van der Waals surface area contributed by atoms with E-state index in [0.717, 1.165) is 0 Å². The highest BCUT2D eigenvalue weighted by Crippen LogP contribution is 1.96. The van der Waals surface area contributed by atoms with Crippen molar-refractivity contribution in [2.45, 2.75) is 19.3 Å². The van der Waals surface area contributed by atoms with Crippen LogP contribution in [-0.2, 0) is 0 Å². The summed E-state index contributed by atoms with van der Waals surface area (Å²) in [6.45, 7) is 2.25. The van der Waals surface area contributed by atoms with E-state index < -0.39 is 0 Å². The molecular weight excluding hydrogens is 166 g/mol. The fourth-order valence-electron chi connectivity index (χ4n) is 0.802. The smallest absolute Gasteiger partial charge is 0.0662 e. The molecule has 0 aromatic carbocycles. The van der Waals surface area contributed by atoms with Gasteiger partial charge in [-0.3, -0.25) is 0 Å². The van der Waals surface area contributed by atoms with Gasteiger partial charge in [-0.05, 0) is 25.9 Å². The molecule has 1 rings (SSSR count). The van der Waals surface area contributed by atoms with Crippen molar-refractivity contribution in [2.75, 3.05) is 26.3 Å².